The van der Waals surface area contributed by atoms with Crippen molar-refractivity contribution in [2.75, 3.05) is 18.1 Å². The molecule has 1 atom stereocenters. The third-order valence-corrected chi connectivity index (χ3v) is 5.11. The Kier molecular flexibility index (Phi) is 4.89. The fraction of sp³-hybridized carbons (Fsp3) is 0.176. The van der Waals surface area contributed by atoms with E-state index in [1.54, 1.807) is 30.3 Å². The van der Waals surface area contributed by atoms with Crippen LogP contribution in [0.5, 0.6) is 0 Å². The lowest BCUT2D eigenvalue weighted by molar-refractivity contribution is 0.191. The van der Waals surface area contributed by atoms with E-state index < -0.39 is 15.9 Å². The SMILES string of the molecule is CS(=O)(=O)c1ccc2ncnc(NC[C@H](O)c3ccc(Cl)cc3)c2c1. The first-order valence-electron chi connectivity index (χ1n) is 7.47. The summed E-state index contributed by atoms with van der Waals surface area (Å²) in [5.41, 5.74) is 1.33. The maximum Gasteiger partial charge on any atom is 0.175 e. The van der Waals surface area contributed by atoms with Crippen molar-refractivity contribution in [1.29, 1.82) is 0 Å². The molecule has 6 nitrogen and oxygen atoms in total. The number of hydrogen-bond donors (Lipinski definition) is 2. The monoisotopic (exact) mass is 377 g/mol. The van der Waals surface area contributed by atoms with Gasteiger partial charge in [-0.1, -0.05) is 23.7 Å². The largest absolute Gasteiger partial charge is 0.387 e. The minimum Gasteiger partial charge on any atom is -0.387 e. The lowest BCUT2D eigenvalue weighted by atomic mass is 10.1. The number of fused-ring (bicyclic) bond motifs is 1. The molecular weight excluding hydrogens is 362 g/mol. The molecule has 0 aliphatic heterocycles. The highest BCUT2D eigenvalue weighted by Gasteiger charge is 2.13. The predicted molar refractivity (Wildman–Crippen MR) is 97.5 cm³/mol. The Bertz CT molecular complexity index is 1010. The van der Waals surface area contributed by atoms with Crippen LogP contribution in [0.4, 0.5) is 5.82 Å². The summed E-state index contributed by atoms with van der Waals surface area (Å²) in [7, 11) is -3.33. The lowest BCUT2D eigenvalue weighted by Gasteiger charge is -2.14. The van der Waals surface area contributed by atoms with Crippen molar-refractivity contribution in [3.8, 4) is 0 Å². The molecule has 0 spiro atoms. The van der Waals surface area contributed by atoms with Crippen LogP contribution >= 0.6 is 11.6 Å². The van der Waals surface area contributed by atoms with Crippen molar-refractivity contribution in [2.24, 2.45) is 0 Å². The standard InChI is InChI=1S/C17H16ClN3O3S/c1-25(23,24)13-6-7-15-14(8-13)17(21-10-20-15)19-9-16(22)11-2-4-12(18)5-3-11/h2-8,10,16,22H,9H2,1H3,(H,19,20,21)/t16-/m0/s1. The first-order valence-corrected chi connectivity index (χ1v) is 9.74. The van der Waals surface area contributed by atoms with E-state index in [1.165, 1.54) is 18.5 Å². The normalized spacial score (nSPS) is 12.9. The van der Waals surface area contributed by atoms with Crippen molar-refractivity contribution in [3.63, 3.8) is 0 Å². The number of halogens is 1. The summed E-state index contributed by atoms with van der Waals surface area (Å²) < 4.78 is 23.5. The molecule has 0 aliphatic rings. The minimum atomic E-state index is -3.33. The summed E-state index contributed by atoms with van der Waals surface area (Å²) in [6.07, 6.45) is 1.77. The van der Waals surface area contributed by atoms with Gasteiger partial charge in [-0.2, -0.15) is 0 Å². The molecule has 0 saturated carbocycles. The van der Waals surface area contributed by atoms with E-state index in [2.05, 4.69) is 15.3 Å². The molecule has 25 heavy (non-hydrogen) atoms. The second kappa shape index (κ2) is 6.95. The molecule has 0 fully saturated rings. The number of nitrogens with zero attached hydrogens (tertiary/aromatic N) is 2. The number of sulfone groups is 1. The Morgan fingerprint density at radius 3 is 2.56 bits per heavy atom. The zero-order valence-electron chi connectivity index (χ0n) is 13.3. The molecule has 0 unspecified atom stereocenters. The summed E-state index contributed by atoms with van der Waals surface area (Å²) in [5.74, 6) is 0.462. The van der Waals surface area contributed by atoms with Gasteiger partial charge in [0.15, 0.2) is 9.84 Å². The smallest absolute Gasteiger partial charge is 0.175 e. The zero-order chi connectivity index (χ0) is 18.0. The van der Waals surface area contributed by atoms with Crippen LogP contribution in [-0.2, 0) is 9.84 Å². The van der Waals surface area contributed by atoms with Crippen LogP contribution in [0.3, 0.4) is 0 Å². The molecule has 3 aromatic rings. The molecule has 0 saturated heterocycles. The molecule has 0 bridgehead atoms. The highest BCUT2D eigenvalue weighted by molar-refractivity contribution is 7.90. The van der Waals surface area contributed by atoms with Gasteiger partial charge in [-0.05, 0) is 35.9 Å². The average Bonchev–Trinajstić information content (AvgIpc) is 2.59. The molecular formula is C17H16ClN3O3S. The van der Waals surface area contributed by atoms with Gasteiger partial charge >= 0.3 is 0 Å². The molecule has 0 amide bonds. The van der Waals surface area contributed by atoms with Gasteiger partial charge in [-0.25, -0.2) is 18.4 Å². The summed E-state index contributed by atoms with van der Waals surface area (Å²) in [5, 5.41) is 14.5. The highest BCUT2D eigenvalue weighted by Crippen LogP contribution is 2.24. The van der Waals surface area contributed by atoms with E-state index >= 15 is 0 Å². The first-order chi connectivity index (χ1) is 11.8. The summed E-state index contributed by atoms with van der Waals surface area (Å²) in [4.78, 5) is 8.49. The highest BCUT2D eigenvalue weighted by atomic mass is 35.5. The number of anilines is 1. The molecule has 8 heteroatoms. The average molecular weight is 378 g/mol. The van der Waals surface area contributed by atoms with Crippen LogP contribution < -0.4 is 5.32 Å². The molecule has 3 rings (SSSR count). The summed E-state index contributed by atoms with van der Waals surface area (Å²) in [6.45, 7) is 0.205. The van der Waals surface area contributed by atoms with Crippen LogP contribution in [0.1, 0.15) is 11.7 Å². The second-order valence-electron chi connectivity index (χ2n) is 5.62. The molecule has 0 aliphatic carbocycles. The Labute approximate surface area is 150 Å². The van der Waals surface area contributed by atoms with Crippen molar-refractivity contribution in [2.45, 2.75) is 11.0 Å². The molecule has 2 aromatic carbocycles. The summed E-state index contributed by atoms with van der Waals surface area (Å²) >= 11 is 5.84. The van der Waals surface area contributed by atoms with E-state index in [4.69, 9.17) is 11.6 Å². The van der Waals surface area contributed by atoms with Gasteiger partial charge in [0.2, 0.25) is 0 Å². The van der Waals surface area contributed by atoms with Crippen LogP contribution in [-0.4, -0.2) is 36.3 Å². The van der Waals surface area contributed by atoms with Crippen LogP contribution in [0.15, 0.2) is 53.7 Å². The van der Waals surface area contributed by atoms with E-state index in [1.807, 2.05) is 0 Å². The van der Waals surface area contributed by atoms with Gasteiger partial charge < -0.3 is 10.4 Å². The van der Waals surface area contributed by atoms with Gasteiger partial charge in [-0.15, -0.1) is 0 Å². The molecule has 1 aromatic heterocycles. The lowest BCUT2D eigenvalue weighted by Crippen LogP contribution is -2.13. The number of aromatic nitrogens is 2. The summed E-state index contributed by atoms with van der Waals surface area (Å²) in [6, 6.07) is 11.6. The second-order valence-corrected chi connectivity index (χ2v) is 8.07. The first kappa shape index (κ1) is 17.6. The number of nitrogens with one attached hydrogen (secondary N) is 1. The maximum absolute atomic E-state index is 11.8. The van der Waals surface area contributed by atoms with Crippen molar-refractivity contribution < 1.29 is 13.5 Å². The maximum atomic E-state index is 11.8. The van der Waals surface area contributed by atoms with Crippen LogP contribution in [0.2, 0.25) is 5.02 Å². The Morgan fingerprint density at radius 2 is 1.88 bits per heavy atom. The van der Waals surface area contributed by atoms with Gasteiger partial charge in [0.25, 0.3) is 0 Å². The van der Waals surface area contributed by atoms with Gasteiger partial charge in [0.05, 0.1) is 16.5 Å². The Morgan fingerprint density at radius 1 is 1.16 bits per heavy atom. The molecule has 0 radical (unpaired) electrons. The van der Waals surface area contributed by atoms with Gasteiger partial charge in [0, 0.05) is 23.2 Å². The quantitative estimate of drug-likeness (QED) is 0.710. The van der Waals surface area contributed by atoms with E-state index in [9.17, 15) is 13.5 Å². The van der Waals surface area contributed by atoms with Crippen LogP contribution in [0.25, 0.3) is 10.9 Å². The Hall–Kier alpha value is -2.22. The minimum absolute atomic E-state index is 0.191. The third kappa shape index (κ3) is 4.07. The van der Waals surface area contributed by atoms with Crippen molar-refractivity contribution in [3.05, 3.63) is 59.4 Å². The molecule has 1 heterocycles. The Balaban J connectivity index is 1.86. The molecule has 130 valence electrons. The fourth-order valence-electron chi connectivity index (χ4n) is 2.40. The zero-order valence-corrected chi connectivity index (χ0v) is 14.9. The molecule has 2 N–H and O–H groups in total. The number of benzene rings is 2. The van der Waals surface area contributed by atoms with Gasteiger partial charge in [-0.3, -0.25) is 0 Å². The predicted octanol–water partition coefficient (Wildman–Crippen LogP) is 2.83. The number of rotatable bonds is 5. The third-order valence-electron chi connectivity index (χ3n) is 3.75. The van der Waals surface area contributed by atoms with Gasteiger partial charge in [0.1, 0.15) is 12.1 Å². The number of aliphatic hydroxyl groups excluding tert-OH is 1. The van der Waals surface area contributed by atoms with Crippen molar-refractivity contribution >= 4 is 38.2 Å². The topological polar surface area (TPSA) is 92.2 Å². The van der Waals surface area contributed by atoms with Crippen molar-refractivity contribution in [1.82, 2.24) is 9.97 Å². The van der Waals surface area contributed by atoms with E-state index in [-0.39, 0.29) is 11.4 Å². The van der Waals surface area contributed by atoms with E-state index in [0.29, 0.717) is 27.3 Å². The number of aliphatic hydroxyl groups is 1. The van der Waals surface area contributed by atoms with E-state index in [0.717, 1.165) is 6.26 Å². The van der Waals surface area contributed by atoms with Crippen LogP contribution in [0, 0.1) is 0 Å². The number of hydrogen-bond acceptors (Lipinski definition) is 6. The fourth-order valence-corrected chi connectivity index (χ4v) is 3.18.